The van der Waals surface area contributed by atoms with E-state index in [-0.39, 0.29) is 24.8 Å². The lowest BCUT2D eigenvalue weighted by Gasteiger charge is -2.35. The van der Waals surface area contributed by atoms with Gasteiger partial charge in [-0.05, 0) is 0 Å². The van der Waals surface area contributed by atoms with Crippen molar-refractivity contribution in [1.82, 2.24) is 20.7 Å². The van der Waals surface area contributed by atoms with E-state index in [1.165, 1.54) is 0 Å². The molecule has 3 N–H and O–H groups in total. The molecule has 2 heterocycles. The number of rotatable bonds is 1. The molecular formula is C5H10Cl2N4O. The van der Waals surface area contributed by atoms with Crippen molar-refractivity contribution in [3.63, 3.8) is 0 Å². The topological polar surface area (TPSA) is 73.8 Å². The molecule has 1 aromatic heterocycles. The zero-order chi connectivity index (χ0) is 7.03. The molecule has 0 atom stereocenters. The summed E-state index contributed by atoms with van der Waals surface area (Å²) in [5, 5.41) is 22.4. The molecule has 7 heteroatoms. The van der Waals surface area contributed by atoms with Gasteiger partial charge in [0.2, 0.25) is 0 Å². The zero-order valence-electron chi connectivity index (χ0n) is 6.15. The normalized spacial score (nSPS) is 18.4. The van der Waals surface area contributed by atoms with E-state index in [0.29, 0.717) is 18.8 Å². The van der Waals surface area contributed by atoms with Crippen molar-refractivity contribution in [2.45, 2.75) is 5.60 Å². The van der Waals surface area contributed by atoms with Gasteiger partial charge in [0.05, 0.1) is 6.20 Å². The van der Waals surface area contributed by atoms with Crippen LogP contribution in [0.15, 0.2) is 6.20 Å². The van der Waals surface area contributed by atoms with Gasteiger partial charge < -0.3 is 10.4 Å². The lowest BCUT2D eigenvalue weighted by molar-refractivity contribution is -0.0186. The number of aromatic nitrogens is 3. The van der Waals surface area contributed by atoms with Gasteiger partial charge in [0.15, 0.2) is 0 Å². The summed E-state index contributed by atoms with van der Waals surface area (Å²) in [6.07, 6.45) is 1.54. The van der Waals surface area contributed by atoms with Crippen LogP contribution in [0.3, 0.4) is 0 Å². The molecule has 1 fully saturated rings. The van der Waals surface area contributed by atoms with Crippen molar-refractivity contribution in [2.24, 2.45) is 0 Å². The van der Waals surface area contributed by atoms with Crippen LogP contribution in [0.25, 0.3) is 0 Å². The molecule has 0 saturated carbocycles. The average molecular weight is 213 g/mol. The molecule has 2 rings (SSSR count). The van der Waals surface area contributed by atoms with Gasteiger partial charge in [-0.3, -0.25) is 0 Å². The summed E-state index contributed by atoms with van der Waals surface area (Å²) in [7, 11) is 0. The van der Waals surface area contributed by atoms with Crippen LogP contribution < -0.4 is 5.32 Å². The third-order valence-electron chi connectivity index (χ3n) is 1.73. The maximum atomic E-state index is 9.59. The Morgan fingerprint density at radius 1 is 1.42 bits per heavy atom. The highest BCUT2D eigenvalue weighted by atomic mass is 35.5. The van der Waals surface area contributed by atoms with Crippen molar-refractivity contribution >= 4 is 24.8 Å². The van der Waals surface area contributed by atoms with E-state index in [1.807, 2.05) is 0 Å². The van der Waals surface area contributed by atoms with Crippen LogP contribution in [0.1, 0.15) is 5.69 Å². The Balaban J connectivity index is 0.000000605. The van der Waals surface area contributed by atoms with Gasteiger partial charge in [-0.2, -0.15) is 15.4 Å². The molecule has 0 bridgehead atoms. The van der Waals surface area contributed by atoms with E-state index in [9.17, 15) is 5.11 Å². The molecule has 0 amide bonds. The van der Waals surface area contributed by atoms with Gasteiger partial charge in [0.25, 0.3) is 0 Å². The summed E-state index contributed by atoms with van der Waals surface area (Å²) in [5.74, 6) is 0. The van der Waals surface area contributed by atoms with Crippen molar-refractivity contribution in [1.29, 1.82) is 0 Å². The Hall–Kier alpha value is -0.360. The molecule has 1 aromatic rings. The third kappa shape index (κ3) is 1.69. The maximum Gasteiger partial charge on any atom is 0.135 e. The number of nitrogens with zero attached hydrogens (tertiary/aromatic N) is 2. The molecule has 1 aliphatic rings. The standard InChI is InChI=1S/C5H8N4O.2ClH/c10-5(2-6-3-5)4-1-7-9-8-4;;/h1,6,10H,2-3H2,(H,7,8,9);2*1H. The molecule has 0 unspecified atom stereocenters. The van der Waals surface area contributed by atoms with Crippen LogP contribution >= 0.6 is 24.8 Å². The van der Waals surface area contributed by atoms with Crippen molar-refractivity contribution in [3.8, 4) is 0 Å². The molecule has 12 heavy (non-hydrogen) atoms. The van der Waals surface area contributed by atoms with Gasteiger partial charge in [0.1, 0.15) is 11.3 Å². The van der Waals surface area contributed by atoms with Gasteiger partial charge in [0, 0.05) is 13.1 Å². The molecular weight excluding hydrogens is 203 g/mol. The van der Waals surface area contributed by atoms with E-state index in [0.717, 1.165) is 0 Å². The number of halogens is 2. The predicted molar refractivity (Wildman–Crippen MR) is 47.6 cm³/mol. The fourth-order valence-electron chi connectivity index (χ4n) is 0.969. The summed E-state index contributed by atoms with van der Waals surface area (Å²) in [5.41, 5.74) is -0.154. The quantitative estimate of drug-likeness (QED) is 0.584. The number of β-amino-alcohol motifs (C(OH)–C–C–N with tert-alkyl or cyclic N) is 1. The highest BCUT2D eigenvalue weighted by molar-refractivity contribution is 5.85. The Kier molecular flexibility index (Phi) is 3.92. The van der Waals surface area contributed by atoms with E-state index in [4.69, 9.17) is 0 Å². The zero-order valence-corrected chi connectivity index (χ0v) is 7.78. The van der Waals surface area contributed by atoms with Crippen LogP contribution in [0, 0.1) is 0 Å². The number of nitrogens with one attached hydrogen (secondary N) is 2. The first kappa shape index (κ1) is 11.6. The summed E-state index contributed by atoms with van der Waals surface area (Å²) in [4.78, 5) is 0. The third-order valence-corrected chi connectivity index (χ3v) is 1.73. The lowest BCUT2D eigenvalue weighted by Crippen LogP contribution is -2.56. The second-order valence-electron chi connectivity index (χ2n) is 2.49. The molecule has 5 nitrogen and oxygen atoms in total. The fourth-order valence-corrected chi connectivity index (χ4v) is 0.969. The highest BCUT2D eigenvalue weighted by Crippen LogP contribution is 2.21. The van der Waals surface area contributed by atoms with Crippen molar-refractivity contribution in [3.05, 3.63) is 11.9 Å². The molecule has 0 spiro atoms. The summed E-state index contributed by atoms with van der Waals surface area (Å²) < 4.78 is 0. The average Bonchev–Trinajstić information content (AvgIpc) is 2.33. The van der Waals surface area contributed by atoms with Crippen LogP contribution in [-0.2, 0) is 5.60 Å². The Morgan fingerprint density at radius 2 is 2.08 bits per heavy atom. The number of aliphatic hydroxyl groups is 1. The summed E-state index contributed by atoms with van der Waals surface area (Å²) in [6.45, 7) is 1.14. The fraction of sp³-hybridized carbons (Fsp3) is 0.600. The van der Waals surface area contributed by atoms with Gasteiger partial charge in [-0.25, -0.2) is 0 Å². The monoisotopic (exact) mass is 212 g/mol. The van der Waals surface area contributed by atoms with Crippen LogP contribution in [0.2, 0.25) is 0 Å². The minimum Gasteiger partial charge on any atom is -0.381 e. The molecule has 0 aromatic carbocycles. The maximum absolute atomic E-state index is 9.59. The van der Waals surface area contributed by atoms with E-state index in [1.54, 1.807) is 6.20 Å². The second kappa shape index (κ2) is 4.04. The predicted octanol–water partition coefficient (Wildman–Crippen LogP) is -0.561. The molecule has 70 valence electrons. The van der Waals surface area contributed by atoms with Crippen molar-refractivity contribution < 1.29 is 5.11 Å². The van der Waals surface area contributed by atoms with E-state index < -0.39 is 5.60 Å². The highest BCUT2D eigenvalue weighted by Gasteiger charge is 2.38. The molecule has 0 radical (unpaired) electrons. The Labute approximate surface area is 81.8 Å². The minimum atomic E-state index is -0.771. The van der Waals surface area contributed by atoms with Crippen molar-refractivity contribution in [2.75, 3.05) is 13.1 Å². The van der Waals surface area contributed by atoms with E-state index >= 15 is 0 Å². The Morgan fingerprint density at radius 3 is 2.42 bits per heavy atom. The largest absolute Gasteiger partial charge is 0.381 e. The summed E-state index contributed by atoms with van der Waals surface area (Å²) >= 11 is 0. The molecule has 0 aliphatic carbocycles. The first-order valence-corrected chi connectivity index (χ1v) is 3.11. The molecule has 1 aliphatic heterocycles. The minimum absolute atomic E-state index is 0. The summed E-state index contributed by atoms with van der Waals surface area (Å²) in [6, 6.07) is 0. The lowest BCUT2D eigenvalue weighted by atomic mass is 9.94. The molecule has 1 saturated heterocycles. The number of hydrogen-bond donors (Lipinski definition) is 3. The number of H-pyrrole nitrogens is 1. The first-order valence-electron chi connectivity index (χ1n) is 3.11. The van der Waals surface area contributed by atoms with Crippen LogP contribution in [0.5, 0.6) is 0 Å². The Bertz CT molecular complexity index is 223. The van der Waals surface area contributed by atoms with Crippen LogP contribution in [-0.4, -0.2) is 33.6 Å². The first-order chi connectivity index (χ1) is 4.81. The smallest absolute Gasteiger partial charge is 0.135 e. The van der Waals surface area contributed by atoms with Crippen LogP contribution in [0.4, 0.5) is 0 Å². The number of hydrogen-bond acceptors (Lipinski definition) is 4. The van der Waals surface area contributed by atoms with E-state index in [2.05, 4.69) is 20.7 Å². The number of aromatic amines is 1. The SMILES string of the molecule is Cl.Cl.OC1(c2cn[nH]n2)CNC1. The van der Waals surface area contributed by atoms with Gasteiger partial charge in [-0.1, -0.05) is 0 Å². The van der Waals surface area contributed by atoms with Gasteiger partial charge in [-0.15, -0.1) is 24.8 Å². The second-order valence-corrected chi connectivity index (χ2v) is 2.49. The van der Waals surface area contributed by atoms with Gasteiger partial charge >= 0.3 is 0 Å².